The zero-order valence-corrected chi connectivity index (χ0v) is 46.4. The van der Waals surface area contributed by atoms with E-state index in [2.05, 4.69) is 70.0 Å². The molecular formula is C58H88F2N12O5. The van der Waals surface area contributed by atoms with Crippen LogP contribution in [0.25, 0.3) is 0 Å². The molecule has 1 spiro atoms. The first-order valence-electron chi connectivity index (χ1n) is 28.6. The van der Waals surface area contributed by atoms with E-state index in [1.165, 1.54) is 12.1 Å². The predicted octanol–water partition coefficient (Wildman–Crippen LogP) is 4.59. The number of halogens is 2. The summed E-state index contributed by atoms with van der Waals surface area (Å²) in [6.07, 6.45) is 5.91. The van der Waals surface area contributed by atoms with Gasteiger partial charge in [0.1, 0.15) is 48.0 Å². The zero-order chi connectivity index (χ0) is 54.7. The summed E-state index contributed by atoms with van der Waals surface area (Å²) < 4.78 is 31.3. The SMILES string of the molecule is CC(C)C[C@H](NC(=O)[C@@H](O)[C@H](C)Cc1ccccc1)C(=O)NCCCN1C[C@@H]2CN(CCC(=O)NCCCNc3cc(N4CCC5(CC4)CN(c4cc(F)c(CN6CCC(C)(C)CC6)cc4F)CC(O)N5)ncn3)C[C@@H]2C1. The molecule has 1 aromatic heterocycles. The van der Waals surface area contributed by atoms with Crippen molar-refractivity contribution in [2.75, 3.05) is 113 Å². The van der Waals surface area contributed by atoms with Gasteiger partial charge in [0.25, 0.3) is 0 Å². The van der Waals surface area contributed by atoms with Crippen molar-refractivity contribution in [1.29, 1.82) is 0 Å². The summed E-state index contributed by atoms with van der Waals surface area (Å²) in [6, 6.07) is 13.6. The van der Waals surface area contributed by atoms with Crippen LogP contribution in [0.5, 0.6) is 0 Å². The van der Waals surface area contributed by atoms with Crippen LogP contribution in [0, 0.1) is 40.7 Å². The number of benzene rings is 2. The third-order valence-corrected chi connectivity index (χ3v) is 16.9. The maximum absolute atomic E-state index is 15.7. The monoisotopic (exact) mass is 1070 g/mol. The molecule has 17 nitrogen and oxygen atoms in total. The lowest BCUT2D eigenvalue weighted by molar-refractivity contribution is -0.136. The normalized spacial score (nSPS) is 22.9. The number of hydrogen-bond donors (Lipinski definition) is 7. The number of nitrogens with one attached hydrogen (secondary N) is 5. The topological polar surface area (TPSA) is 194 Å². The minimum absolute atomic E-state index is 0.0489. The number of aromatic nitrogens is 2. The Morgan fingerprint density at radius 1 is 0.779 bits per heavy atom. The third-order valence-electron chi connectivity index (χ3n) is 16.9. The van der Waals surface area contributed by atoms with E-state index in [-0.39, 0.29) is 41.3 Å². The van der Waals surface area contributed by atoms with Gasteiger partial charge in [-0.15, -0.1) is 0 Å². The minimum Gasteiger partial charge on any atom is -0.383 e. The molecule has 19 heteroatoms. The minimum atomic E-state index is -1.21. The number of carbonyl (C=O) groups is 3. The quantitative estimate of drug-likeness (QED) is 0.0617. The second-order valence-corrected chi connectivity index (χ2v) is 24.3. The summed E-state index contributed by atoms with van der Waals surface area (Å²) in [4.78, 5) is 59.2. The van der Waals surface area contributed by atoms with E-state index in [1.54, 1.807) is 11.2 Å². The molecule has 424 valence electrons. The molecule has 3 aromatic rings. The molecule has 6 heterocycles. The van der Waals surface area contributed by atoms with Crippen LogP contribution in [0.1, 0.15) is 97.1 Å². The van der Waals surface area contributed by atoms with E-state index < -0.39 is 41.5 Å². The molecule has 5 saturated heterocycles. The lowest BCUT2D eigenvalue weighted by Gasteiger charge is -2.50. The largest absolute Gasteiger partial charge is 0.383 e. The van der Waals surface area contributed by atoms with Crippen molar-refractivity contribution in [2.24, 2.45) is 29.1 Å². The van der Waals surface area contributed by atoms with E-state index in [9.17, 15) is 24.6 Å². The Bertz CT molecular complexity index is 2390. The summed E-state index contributed by atoms with van der Waals surface area (Å²) >= 11 is 0. The summed E-state index contributed by atoms with van der Waals surface area (Å²) in [5, 5.41) is 37.4. The highest BCUT2D eigenvalue weighted by atomic mass is 19.1. The molecule has 8 rings (SSSR count). The number of piperidine rings is 2. The van der Waals surface area contributed by atoms with Gasteiger partial charge in [-0.3, -0.25) is 24.6 Å². The van der Waals surface area contributed by atoms with E-state index in [1.807, 2.05) is 57.2 Å². The fraction of sp³-hybridized carbons (Fsp3) is 0.672. The molecule has 5 aliphatic heterocycles. The second-order valence-electron chi connectivity index (χ2n) is 24.3. The number of rotatable bonds is 24. The smallest absolute Gasteiger partial charge is 0.249 e. The van der Waals surface area contributed by atoms with Gasteiger partial charge in [0.2, 0.25) is 17.7 Å². The lowest BCUT2D eigenvalue weighted by Crippen LogP contribution is -2.68. The van der Waals surface area contributed by atoms with E-state index >= 15 is 8.78 Å². The maximum Gasteiger partial charge on any atom is 0.249 e. The van der Waals surface area contributed by atoms with Crippen molar-refractivity contribution in [2.45, 2.75) is 123 Å². The molecule has 0 saturated carbocycles. The summed E-state index contributed by atoms with van der Waals surface area (Å²) in [5.74, 6) is 0.955. The Morgan fingerprint density at radius 2 is 1.47 bits per heavy atom. The summed E-state index contributed by atoms with van der Waals surface area (Å²) in [6.45, 7) is 21.7. The highest BCUT2D eigenvalue weighted by Crippen LogP contribution is 2.35. The molecule has 7 N–H and O–H groups in total. The lowest BCUT2D eigenvalue weighted by atomic mass is 9.82. The molecule has 77 heavy (non-hydrogen) atoms. The Labute approximate surface area is 455 Å². The number of nitrogens with zero attached hydrogens (tertiary/aromatic N) is 7. The van der Waals surface area contributed by atoms with Gasteiger partial charge in [0, 0.05) is 108 Å². The Hall–Kier alpha value is -5.05. The Kier molecular flexibility index (Phi) is 20.2. The Morgan fingerprint density at radius 3 is 2.17 bits per heavy atom. The van der Waals surface area contributed by atoms with E-state index in [4.69, 9.17) is 0 Å². The molecule has 5 aliphatic rings. The van der Waals surface area contributed by atoms with Crippen molar-refractivity contribution in [3.8, 4) is 0 Å². The number of amides is 3. The Balaban J connectivity index is 0.675. The van der Waals surface area contributed by atoms with Crippen LogP contribution < -0.4 is 36.4 Å². The molecule has 0 radical (unpaired) electrons. The number of aliphatic hydroxyl groups is 2. The molecular weight excluding hydrogens is 983 g/mol. The van der Waals surface area contributed by atoms with Crippen LogP contribution in [0.3, 0.4) is 0 Å². The number of piperazine rings is 1. The van der Waals surface area contributed by atoms with Crippen molar-refractivity contribution in [3.63, 3.8) is 0 Å². The van der Waals surface area contributed by atoms with Gasteiger partial charge in [0.05, 0.1) is 12.2 Å². The van der Waals surface area contributed by atoms with Crippen molar-refractivity contribution < 1.29 is 33.4 Å². The third kappa shape index (κ3) is 16.5. The van der Waals surface area contributed by atoms with Crippen molar-refractivity contribution in [3.05, 3.63) is 77.6 Å². The number of anilines is 3. The number of aliphatic hydroxyl groups excluding tert-OH is 2. The first-order valence-corrected chi connectivity index (χ1v) is 28.6. The standard InChI is InChI=1S/C58H88F2N12O5/c1-40(2)27-48(66-56(77)54(75)41(3)28-42-11-7-6-8-12-42)55(76)63-20-10-21-69-33-44-35-70(36-45(44)34-69)22-13-52(73)62-19-9-18-61-50-31-51(65-39-64-50)71-25-16-58(17-26-71)38-72(37-53(74)67-58)49-30-46(59)43(29-47(49)60)32-68-23-14-57(4,5)15-24-68/h6-8,11-12,29-31,39-41,44-45,48,53-54,67,74-75H,9-10,13-28,32-38H2,1-5H3,(H,62,73)(H,63,76)(H,66,77)(H,61,64,65)/t41-,44-,45+,48+,53?,54+/m1/s1. The molecule has 6 atom stereocenters. The number of hydrogen-bond acceptors (Lipinski definition) is 14. The van der Waals surface area contributed by atoms with Crippen molar-refractivity contribution in [1.82, 2.24) is 45.9 Å². The van der Waals surface area contributed by atoms with E-state index in [0.717, 1.165) is 89.4 Å². The second kappa shape index (κ2) is 26.7. The van der Waals surface area contributed by atoms with Gasteiger partial charge in [-0.1, -0.05) is 65.0 Å². The highest BCUT2D eigenvalue weighted by Gasteiger charge is 2.43. The van der Waals surface area contributed by atoms with Gasteiger partial charge in [0.15, 0.2) is 0 Å². The molecule has 2 aromatic carbocycles. The predicted molar refractivity (Wildman–Crippen MR) is 297 cm³/mol. The van der Waals surface area contributed by atoms with Gasteiger partial charge in [-0.05, 0) is 112 Å². The van der Waals surface area contributed by atoms with Gasteiger partial charge in [-0.2, -0.15) is 0 Å². The molecule has 1 unspecified atom stereocenters. The first-order chi connectivity index (χ1) is 36.9. The first kappa shape index (κ1) is 58.1. The maximum atomic E-state index is 15.7. The average molecular weight is 1070 g/mol. The highest BCUT2D eigenvalue weighted by molar-refractivity contribution is 5.89. The van der Waals surface area contributed by atoms with Crippen LogP contribution in [-0.2, 0) is 27.3 Å². The summed E-state index contributed by atoms with van der Waals surface area (Å²) in [5.41, 5.74) is 1.40. The van der Waals surface area contributed by atoms with Crippen molar-refractivity contribution >= 4 is 35.0 Å². The molecule has 0 aliphatic carbocycles. The molecule has 5 fully saturated rings. The van der Waals surface area contributed by atoms with Gasteiger partial charge in [-0.25, -0.2) is 18.7 Å². The summed E-state index contributed by atoms with van der Waals surface area (Å²) in [7, 11) is 0. The number of fused-ring (bicyclic) bond motifs is 1. The molecule has 0 bridgehead atoms. The van der Waals surface area contributed by atoms with Gasteiger partial charge >= 0.3 is 0 Å². The van der Waals surface area contributed by atoms with Crippen LogP contribution in [0.2, 0.25) is 0 Å². The molecule has 3 amide bonds. The average Bonchev–Trinajstić information content (AvgIpc) is 3.97. The zero-order valence-electron chi connectivity index (χ0n) is 46.4. The van der Waals surface area contributed by atoms with Gasteiger partial charge < -0.3 is 51.1 Å². The number of likely N-dealkylation sites (tertiary alicyclic amines) is 3. The fourth-order valence-electron chi connectivity index (χ4n) is 12.2. The number of β-amino-alcohol motifs (C(OH)–C–C–N with tert-alkyl or cyclic N) is 1. The van der Waals surface area contributed by atoms with Crippen LogP contribution >= 0.6 is 0 Å². The van der Waals surface area contributed by atoms with Crippen LogP contribution in [0.15, 0.2) is 54.9 Å². The fourth-order valence-corrected chi connectivity index (χ4v) is 12.2. The van der Waals surface area contributed by atoms with E-state index in [0.29, 0.717) is 101 Å². The van der Waals surface area contributed by atoms with Crippen LogP contribution in [-0.4, -0.2) is 175 Å². The van der Waals surface area contributed by atoms with Crippen LogP contribution in [0.4, 0.5) is 26.1 Å². The number of carbonyl (C=O) groups excluding carboxylic acids is 3.